The van der Waals surface area contributed by atoms with Crippen LogP contribution in [0.15, 0.2) is 84.9 Å². The molecule has 0 atom stereocenters. The summed E-state index contributed by atoms with van der Waals surface area (Å²) in [5.74, 6) is 0.0176. The van der Waals surface area contributed by atoms with Gasteiger partial charge < -0.3 is 9.80 Å². The summed E-state index contributed by atoms with van der Waals surface area (Å²) in [6.45, 7) is 3.26. The molecule has 0 bridgehead atoms. The zero-order chi connectivity index (χ0) is 21.3. The number of hydrogen-bond donors (Lipinski definition) is 0. The summed E-state index contributed by atoms with van der Waals surface area (Å²) in [6.07, 6.45) is 1.25. The maximum absolute atomic E-state index is 13.3. The van der Waals surface area contributed by atoms with E-state index >= 15 is 0 Å². The van der Waals surface area contributed by atoms with Crippen molar-refractivity contribution in [2.75, 3.05) is 18.5 Å². The van der Waals surface area contributed by atoms with Crippen LogP contribution in [0, 0.1) is 0 Å². The topological polar surface area (TPSA) is 40.6 Å². The monoisotopic (exact) mass is 400 g/mol. The number of carbonyl (C=O) groups excluding carboxylic acids is 2. The van der Waals surface area contributed by atoms with Crippen molar-refractivity contribution in [2.45, 2.75) is 26.3 Å². The highest BCUT2D eigenvalue weighted by Crippen LogP contribution is 2.22. The number of hydrogen-bond acceptors (Lipinski definition) is 2. The molecule has 0 saturated carbocycles. The Bertz CT molecular complexity index is 971. The fourth-order valence-electron chi connectivity index (χ4n) is 3.39. The Morgan fingerprint density at radius 3 is 2.10 bits per heavy atom. The van der Waals surface area contributed by atoms with Crippen LogP contribution in [0.25, 0.3) is 0 Å². The third-order valence-electron chi connectivity index (χ3n) is 5.01. The number of carbonyl (C=O) groups is 2. The molecule has 0 saturated heterocycles. The van der Waals surface area contributed by atoms with Crippen LogP contribution in [0.1, 0.15) is 34.8 Å². The van der Waals surface area contributed by atoms with Crippen molar-refractivity contribution >= 4 is 17.5 Å². The number of rotatable bonds is 8. The third kappa shape index (κ3) is 5.57. The van der Waals surface area contributed by atoms with E-state index < -0.39 is 0 Å². The molecule has 30 heavy (non-hydrogen) atoms. The summed E-state index contributed by atoms with van der Waals surface area (Å²) >= 11 is 0. The summed E-state index contributed by atoms with van der Waals surface area (Å²) in [4.78, 5) is 29.3. The second-order valence-corrected chi connectivity index (χ2v) is 7.40. The molecule has 3 aromatic rings. The number of benzene rings is 3. The standard InChI is InChI=1S/C26H28N2O2/c1-3-17-27(2)25(29)19-22-13-10-16-24(18-22)28(20-21-11-6-4-7-12-21)26(30)23-14-8-5-9-15-23/h4-16,18H,3,17,19-20H2,1-2H3. The molecule has 0 spiro atoms. The Hall–Kier alpha value is -3.40. The number of amides is 2. The lowest BCUT2D eigenvalue weighted by Gasteiger charge is -2.24. The van der Waals surface area contributed by atoms with Crippen LogP contribution in [0.4, 0.5) is 5.69 Å². The molecule has 0 aliphatic carbocycles. The van der Waals surface area contributed by atoms with Gasteiger partial charge in [0.2, 0.25) is 5.91 Å². The first-order valence-corrected chi connectivity index (χ1v) is 10.3. The number of anilines is 1. The summed E-state index contributed by atoms with van der Waals surface area (Å²) in [7, 11) is 1.83. The van der Waals surface area contributed by atoms with Crippen LogP contribution in [0.5, 0.6) is 0 Å². The molecule has 4 heteroatoms. The first-order valence-electron chi connectivity index (χ1n) is 10.3. The maximum Gasteiger partial charge on any atom is 0.258 e. The van der Waals surface area contributed by atoms with E-state index in [-0.39, 0.29) is 11.8 Å². The van der Waals surface area contributed by atoms with E-state index in [0.29, 0.717) is 18.5 Å². The lowest BCUT2D eigenvalue weighted by atomic mass is 10.1. The van der Waals surface area contributed by atoms with Crippen LogP contribution in [-0.4, -0.2) is 30.3 Å². The highest BCUT2D eigenvalue weighted by atomic mass is 16.2. The average molecular weight is 401 g/mol. The Morgan fingerprint density at radius 2 is 1.43 bits per heavy atom. The summed E-state index contributed by atoms with van der Waals surface area (Å²) in [6, 6.07) is 26.9. The number of nitrogens with zero attached hydrogens (tertiary/aromatic N) is 2. The first kappa shape index (κ1) is 21.3. The van der Waals surface area contributed by atoms with Crippen LogP contribution in [0.3, 0.4) is 0 Å². The van der Waals surface area contributed by atoms with Crippen molar-refractivity contribution in [1.29, 1.82) is 0 Å². The van der Waals surface area contributed by atoms with Crippen LogP contribution < -0.4 is 4.90 Å². The predicted molar refractivity (Wildman–Crippen MR) is 121 cm³/mol. The van der Waals surface area contributed by atoms with Crippen LogP contribution >= 0.6 is 0 Å². The van der Waals surface area contributed by atoms with Gasteiger partial charge in [-0.2, -0.15) is 0 Å². The molecule has 3 rings (SSSR count). The highest BCUT2D eigenvalue weighted by molar-refractivity contribution is 6.06. The van der Waals surface area contributed by atoms with Gasteiger partial charge in [-0.3, -0.25) is 9.59 Å². The van der Waals surface area contributed by atoms with E-state index in [1.165, 1.54) is 0 Å². The minimum absolute atomic E-state index is 0.0639. The van der Waals surface area contributed by atoms with Gasteiger partial charge in [0.25, 0.3) is 5.91 Å². The quantitative estimate of drug-likeness (QED) is 0.537. The van der Waals surface area contributed by atoms with Gasteiger partial charge in [-0.15, -0.1) is 0 Å². The van der Waals surface area contributed by atoms with Gasteiger partial charge in [-0.1, -0.05) is 67.6 Å². The Balaban J connectivity index is 1.89. The van der Waals surface area contributed by atoms with E-state index in [0.717, 1.165) is 29.8 Å². The SMILES string of the molecule is CCCN(C)C(=O)Cc1cccc(N(Cc2ccccc2)C(=O)c2ccccc2)c1. The second kappa shape index (κ2) is 10.4. The van der Waals surface area contributed by atoms with Crippen LogP contribution in [-0.2, 0) is 17.8 Å². The van der Waals surface area contributed by atoms with Gasteiger partial charge in [0.1, 0.15) is 0 Å². The minimum Gasteiger partial charge on any atom is -0.345 e. The molecule has 2 amide bonds. The molecule has 0 radical (unpaired) electrons. The Morgan fingerprint density at radius 1 is 0.800 bits per heavy atom. The van der Waals surface area contributed by atoms with E-state index in [4.69, 9.17) is 0 Å². The molecule has 0 aliphatic heterocycles. The molecule has 0 unspecified atom stereocenters. The largest absolute Gasteiger partial charge is 0.345 e. The van der Waals surface area contributed by atoms with E-state index in [2.05, 4.69) is 6.92 Å². The van der Waals surface area contributed by atoms with Gasteiger partial charge in [0.15, 0.2) is 0 Å². The molecule has 3 aromatic carbocycles. The molecule has 154 valence electrons. The van der Waals surface area contributed by atoms with Crippen molar-refractivity contribution in [2.24, 2.45) is 0 Å². The zero-order valence-electron chi connectivity index (χ0n) is 17.6. The van der Waals surface area contributed by atoms with Gasteiger partial charge in [-0.25, -0.2) is 0 Å². The highest BCUT2D eigenvalue weighted by Gasteiger charge is 2.19. The third-order valence-corrected chi connectivity index (χ3v) is 5.01. The smallest absolute Gasteiger partial charge is 0.258 e. The van der Waals surface area contributed by atoms with Crippen molar-refractivity contribution in [3.05, 3.63) is 102 Å². The average Bonchev–Trinajstić information content (AvgIpc) is 2.78. The first-order chi connectivity index (χ1) is 14.6. The second-order valence-electron chi connectivity index (χ2n) is 7.40. The van der Waals surface area contributed by atoms with Gasteiger partial charge in [-0.05, 0) is 41.8 Å². The fraction of sp³-hybridized carbons (Fsp3) is 0.231. The van der Waals surface area contributed by atoms with E-state index in [9.17, 15) is 9.59 Å². The predicted octanol–water partition coefficient (Wildman–Crippen LogP) is 4.94. The molecule has 4 nitrogen and oxygen atoms in total. The normalized spacial score (nSPS) is 10.5. The zero-order valence-corrected chi connectivity index (χ0v) is 17.6. The molecule has 0 aliphatic rings. The lowest BCUT2D eigenvalue weighted by molar-refractivity contribution is -0.129. The van der Waals surface area contributed by atoms with Crippen molar-refractivity contribution in [3.8, 4) is 0 Å². The summed E-state index contributed by atoms with van der Waals surface area (Å²) in [5.41, 5.74) is 3.37. The van der Waals surface area contributed by atoms with Gasteiger partial charge in [0, 0.05) is 24.8 Å². The Kier molecular flexibility index (Phi) is 7.39. The summed E-state index contributed by atoms with van der Waals surface area (Å²) in [5, 5.41) is 0. The molecule has 0 N–H and O–H groups in total. The van der Waals surface area contributed by atoms with E-state index in [1.807, 2.05) is 92.0 Å². The lowest BCUT2D eigenvalue weighted by Crippen LogP contribution is -2.31. The molecular formula is C26H28N2O2. The van der Waals surface area contributed by atoms with E-state index in [1.54, 1.807) is 9.80 Å². The Labute approximate surface area is 178 Å². The number of likely N-dealkylation sites (N-methyl/N-ethyl adjacent to an activating group) is 1. The fourth-order valence-corrected chi connectivity index (χ4v) is 3.39. The molecule has 0 heterocycles. The maximum atomic E-state index is 13.3. The molecule has 0 fully saturated rings. The van der Waals surface area contributed by atoms with Gasteiger partial charge >= 0.3 is 0 Å². The molecular weight excluding hydrogens is 372 g/mol. The van der Waals surface area contributed by atoms with Crippen molar-refractivity contribution in [3.63, 3.8) is 0 Å². The minimum atomic E-state index is -0.0639. The van der Waals surface area contributed by atoms with Crippen LogP contribution in [0.2, 0.25) is 0 Å². The van der Waals surface area contributed by atoms with Crippen molar-refractivity contribution in [1.82, 2.24) is 4.90 Å². The molecule has 0 aromatic heterocycles. The van der Waals surface area contributed by atoms with Gasteiger partial charge in [0.05, 0.1) is 13.0 Å². The summed E-state index contributed by atoms with van der Waals surface area (Å²) < 4.78 is 0. The van der Waals surface area contributed by atoms with Crippen molar-refractivity contribution < 1.29 is 9.59 Å².